The zero-order valence-electron chi connectivity index (χ0n) is 13.1. The highest BCUT2D eigenvalue weighted by molar-refractivity contribution is 5.92. The van der Waals surface area contributed by atoms with Crippen molar-refractivity contribution in [1.82, 2.24) is 0 Å². The fraction of sp³-hybridized carbons (Fsp3) is 0.167. The van der Waals surface area contributed by atoms with Crippen LogP contribution < -0.4 is 0 Å². The number of carbonyl (C=O) groups excluding carboxylic acids is 2. The molecule has 125 valence electrons. The van der Waals surface area contributed by atoms with E-state index in [1.54, 1.807) is 0 Å². The maximum absolute atomic E-state index is 14.1. The SMILES string of the molecule is COC(=O)c1cccc(F)c1[CH]Cc1c(F)cccc1C(=O)OC. The van der Waals surface area contributed by atoms with Crippen molar-refractivity contribution < 1.29 is 27.8 Å². The van der Waals surface area contributed by atoms with E-state index in [-0.39, 0.29) is 28.7 Å². The second-order valence-electron chi connectivity index (χ2n) is 4.86. The zero-order valence-corrected chi connectivity index (χ0v) is 13.1. The summed E-state index contributed by atoms with van der Waals surface area (Å²) in [6.45, 7) is 0. The van der Waals surface area contributed by atoms with Gasteiger partial charge in [0.25, 0.3) is 0 Å². The Kier molecular flexibility index (Phi) is 5.63. The summed E-state index contributed by atoms with van der Waals surface area (Å²) in [5, 5.41) is 0. The molecule has 2 aromatic rings. The number of methoxy groups -OCH3 is 2. The average Bonchev–Trinajstić information content (AvgIpc) is 2.59. The number of rotatable bonds is 5. The lowest BCUT2D eigenvalue weighted by molar-refractivity contribution is 0.0589. The molecule has 0 bridgehead atoms. The van der Waals surface area contributed by atoms with E-state index in [0.717, 1.165) is 0 Å². The third-order valence-electron chi connectivity index (χ3n) is 3.49. The number of halogens is 2. The molecule has 1 radical (unpaired) electrons. The molecule has 24 heavy (non-hydrogen) atoms. The third kappa shape index (κ3) is 3.59. The first-order chi connectivity index (χ1) is 11.5. The molecule has 2 aromatic carbocycles. The van der Waals surface area contributed by atoms with E-state index in [0.29, 0.717) is 0 Å². The summed E-state index contributed by atoms with van der Waals surface area (Å²) < 4.78 is 37.3. The van der Waals surface area contributed by atoms with Crippen LogP contribution in [0.2, 0.25) is 0 Å². The number of ether oxygens (including phenoxy) is 2. The summed E-state index contributed by atoms with van der Waals surface area (Å²) >= 11 is 0. The van der Waals surface area contributed by atoms with Gasteiger partial charge in [-0.1, -0.05) is 12.1 Å². The minimum Gasteiger partial charge on any atom is -0.465 e. The Morgan fingerprint density at radius 2 is 1.46 bits per heavy atom. The molecule has 0 spiro atoms. The molecule has 0 aliphatic rings. The fourth-order valence-electron chi connectivity index (χ4n) is 2.30. The molecule has 0 heterocycles. The number of carbonyl (C=O) groups is 2. The molecule has 0 amide bonds. The molecule has 0 N–H and O–H groups in total. The van der Waals surface area contributed by atoms with Crippen molar-refractivity contribution in [2.24, 2.45) is 0 Å². The van der Waals surface area contributed by atoms with E-state index in [9.17, 15) is 18.4 Å². The lowest BCUT2D eigenvalue weighted by atomic mass is 9.96. The topological polar surface area (TPSA) is 52.6 Å². The summed E-state index contributed by atoms with van der Waals surface area (Å²) in [4.78, 5) is 23.5. The standard InChI is InChI=1S/C18H15F2O4/c1-23-17(21)13-5-3-7-15(19)11(13)9-10-12-14(18(22)24-2)6-4-8-16(12)20/h3-9H,10H2,1-2H3. The van der Waals surface area contributed by atoms with Gasteiger partial charge >= 0.3 is 11.9 Å². The smallest absolute Gasteiger partial charge is 0.338 e. The molecule has 0 unspecified atom stereocenters. The Morgan fingerprint density at radius 1 is 0.917 bits per heavy atom. The molecule has 0 fully saturated rings. The summed E-state index contributed by atoms with van der Waals surface area (Å²) in [7, 11) is 2.37. The first-order valence-electron chi connectivity index (χ1n) is 7.05. The van der Waals surface area contributed by atoms with Crippen LogP contribution in [0, 0.1) is 18.1 Å². The highest BCUT2D eigenvalue weighted by Crippen LogP contribution is 2.22. The predicted molar refractivity (Wildman–Crippen MR) is 82.6 cm³/mol. The largest absolute Gasteiger partial charge is 0.465 e. The van der Waals surface area contributed by atoms with Crippen molar-refractivity contribution in [2.45, 2.75) is 6.42 Å². The lowest BCUT2D eigenvalue weighted by Crippen LogP contribution is -2.11. The van der Waals surface area contributed by atoms with Gasteiger partial charge in [0.2, 0.25) is 0 Å². The second kappa shape index (κ2) is 7.68. The molecule has 0 atom stereocenters. The summed E-state index contributed by atoms with van der Waals surface area (Å²) in [6.07, 6.45) is 1.24. The van der Waals surface area contributed by atoms with Crippen LogP contribution in [0.5, 0.6) is 0 Å². The van der Waals surface area contributed by atoms with Gasteiger partial charge in [0, 0.05) is 11.1 Å². The minimum atomic E-state index is -0.706. The van der Waals surface area contributed by atoms with Crippen LogP contribution in [0.4, 0.5) is 8.78 Å². The number of hydrogen-bond acceptors (Lipinski definition) is 4. The molecule has 0 aromatic heterocycles. The van der Waals surface area contributed by atoms with Crippen LogP contribution in [0.15, 0.2) is 36.4 Å². The molecule has 0 saturated heterocycles. The first kappa shape index (κ1) is 17.6. The Hall–Kier alpha value is -2.76. The van der Waals surface area contributed by atoms with Gasteiger partial charge in [-0.25, -0.2) is 18.4 Å². The van der Waals surface area contributed by atoms with Gasteiger partial charge in [0.1, 0.15) is 11.6 Å². The van der Waals surface area contributed by atoms with E-state index >= 15 is 0 Å². The van der Waals surface area contributed by atoms with Gasteiger partial charge in [0.15, 0.2) is 0 Å². The van der Waals surface area contributed by atoms with Gasteiger partial charge in [-0.3, -0.25) is 0 Å². The lowest BCUT2D eigenvalue weighted by Gasteiger charge is -2.11. The molecule has 6 heteroatoms. The monoisotopic (exact) mass is 333 g/mol. The number of esters is 2. The molecule has 0 aliphatic carbocycles. The summed E-state index contributed by atoms with van der Waals surface area (Å²) in [6, 6.07) is 7.96. The van der Waals surface area contributed by atoms with Gasteiger partial charge in [-0.05, 0) is 37.1 Å². The highest BCUT2D eigenvalue weighted by Gasteiger charge is 2.19. The van der Waals surface area contributed by atoms with Crippen molar-refractivity contribution in [3.8, 4) is 0 Å². The Morgan fingerprint density at radius 3 is 2.08 bits per heavy atom. The van der Waals surface area contributed by atoms with Crippen molar-refractivity contribution in [3.05, 3.63) is 76.7 Å². The Bertz CT molecular complexity index is 706. The Balaban J connectivity index is 2.36. The normalized spacial score (nSPS) is 10.3. The van der Waals surface area contributed by atoms with Crippen LogP contribution in [0.25, 0.3) is 0 Å². The van der Waals surface area contributed by atoms with Gasteiger partial charge < -0.3 is 9.47 Å². The minimum absolute atomic E-state index is 0.0107. The van der Waals surface area contributed by atoms with Crippen molar-refractivity contribution in [1.29, 1.82) is 0 Å². The molecule has 0 saturated carbocycles. The highest BCUT2D eigenvalue weighted by atomic mass is 19.1. The van der Waals surface area contributed by atoms with Crippen LogP contribution in [0.1, 0.15) is 31.8 Å². The predicted octanol–water partition coefficient (Wildman–Crippen LogP) is 3.33. The van der Waals surface area contributed by atoms with E-state index < -0.39 is 23.6 Å². The maximum atomic E-state index is 14.1. The van der Waals surface area contributed by atoms with Crippen molar-refractivity contribution >= 4 is 11.9 Å². The van der Waals surface area contributed by atoms with Crippen molar-refractivity contribution in [3.63, 3.8) is 0 Å². The van der Waals surface area contributed by atoms with E-state index in [1.165, 1.54) is 57.0 Å². The van der Waals surface area contributed by atoms with E-state index in [4.69, 9.17) is 0 Å². The quantitative estimate of drug-likeness (QED) is 0.788. The molecular weight excluding hydrogens is 318 g/mol. The number of hydrogen-bond donors (Lipinski definition) is 0. The molecule has 4 nitrogen and oxygen atoms in total. The van der Waals surface area contributed by atoms with Crippen LogP contribution in [0.3, 0.4) is 0 Å². The molecule has 0 aliphatic heterocycles. The van der Waals surface area contributed by atoms with Gasteiger partial charge in [-0.2, -0.15) is 0 Å². The molecular formula is C18H15F2O4. The fourth-order valence-corrected chi connectivity index (χ4v) is 2.30. The maximum Gasteiger partial charge on any atom is 0.338 e. The van der Waals surface area contributed by atoms with Crippen LogP contribution in [-0.2, 0) is 15.9 Å². The van der Waals surface area contributed by atoms with Crippen LogP contribution in [-0.4, -0.2) is 26.2 Å². The second-order valence-corrected chi connectivity index (χ2v) is 4.86. The first-order valence-corrected chi connectivity index (χ1v) is 7.05. The summed E-state index contributed by atoms with van der Waals surface area (Å²) in [5.74, 6) is -2.67. The Labute approximate surface area is 138 Å². The van der Waals surface area contributed by atoms with Crippen molar-refractivity contribution in [2.75, 3.05) is 14.2 Å². The molecule has 2 rings (SSSR count). The van der Waals surface area contributed by atoms with E-state index in [1.807, 2.05) is 0 Å². The number of benzene rings is 2. The average molecular weight is 333 g/mol. The van der Waals surface area contributed by atoms with Crippen LogP contribution >= 0.6 is 0 Å². The zero-order chi connectivity index (χ0) is 17.7. The summed E-state index contributed by atoms with van der Waals surface area (Å²) in [5.41, 5.74) is 0.116. The third-order valence-corrected chi connectivity index (χ3v) is 3.49. The van der Waals surface area contributed by atoms with Gasteiger partial charge in [0.05, 0.1) is 25.3 Å². The van der Waals surface area contributed by atoms with Gasteiger partial charge in [-0.15, -0.1) is 0 Å². The van der Waals surface area contributed by atoms with E-state index in [2.05, 4.69) is 9.47 Å².